The van der Waals surface area contributed by atoms with E-state index in [1.807, 2.05) is 19.0 Å². The fourth-order valence-electron chi connectivity index (χ4n) is 2.46. The number of hydrogen-bond donors (Lipinski definition) is 0. The number of aldehydes is 1. The Bertz CT molecular complexity index is 919. The van der Waals surface area contributed by atoms with Crippen LogP contribution < -0.4 is 4.90 Å². The lowest BCUT2D eigenvalue weighted by Gasteiger charge is -2.14. The van der Waals surface area contributed by atoms with Crippen molar-refractivity contribution < 1.29 is 18.0 Å². The van der Waals surface area contributed by atoms with E-state index in [4.69, 9.17) is 4.42 Å². The van der Waals surface area contributed by atoms with Gasteiger partial charge < -0.3 is 9.32 Å². The molecule has 0 amide bonds. The molecule has 0 fully saturated rings. The normalized spacial score (nSPS) is 11.0. The maximum Gasteiger partial charge on any atom is 0.154 e. The maximum atomic E-state index is 14.0. The van der Waals surface area contributed by atoms with Gasteiger partial charge in [-0.05, 0) is 34.1 Å². The van der Waals surface area contributed by atoms with E-state index in [9.17, 15) is 13.6 Å². The number of fused-ring (bicyclic) bond motifs is 1. The van der Waals surface area contributed by atoms with Crippen LogP contribution in [0.2, 0.25) is 0 Å². The second-order valence-electron chi connectivity index (χ2n) is 5.28. The van der Waals surface area contributed by atoms with Gasteiger partial charge in [-0.1, -0.05) is 0 Å². The summed E-state index contributed by atoms with van der Waals surface area (Å²) in [5.41, 5.74) is 1.59. The first-order chi connectivity index (χ1) is 10.9. The summed E-state index contributed by atoms with van der Waals surface area (Å²) in [7, 11) is 3.74. The molecule has 2 aromatic carbocycles. The van der Waals surface area contributed by atoms with Gasteiger partial charge in [-0.15, -0.1) is 0 Å². The molecule has 0 aliphatic carbocycles. The molecular weight excluding hydrogens is 368 g/mol. The fraction of sp³-hybridized carbons (Fsp3) is 0.118. The first-order valence-electron chi connectivity index (χ1n) is 6.76. The van der Waals surface area contributed by atoms with Crippen molar-refractivity contribution in [3.05, 3.63) is 52.0 Å². The zero-order valence-electron chi connectivity index (χ0n) is 12.4. The van der Waals surface area contributed by atoms with Crippen molar-refractivity contribution >= 4 is 38.9 Å². The number of halogens is 3. The Labute approximate surface area is 139 Å². The highest BCUT2D eigenvalue weighted by molar-refractivity contribution is 9.10. The first kappa shape index (κ1) is 15.7. The van der Waals surface area contributed by atoms with Crippen molar-refractivity contribution in [2.45, 2.75) is 0 Å². The number of furan rings is 1. The molecule has 0 aliphatic heterocycles. The molecule has 0 aliphatic rings. The minimum atomic E-state index is -0.779. The predicted molar refractivity (Wildman–Crippen MR) is 89.0 cm³/mol. The van der Waals surface area contributed by atoms with Crippen LogP contribution >= 0.6 is 15.9 Å². The molecule has 6 heteroatoms. The third-order valence-corrected chi connectivity index (χ3v) is 4.21. The highest BCUT2D eigenvalue weighted by atomic mass is 79.9. The van der Waals surface area contributed by atoms with Crippen LogP contribution in [0.3, 0.4) is 0 Å². The number of nitrogens with zero attached hydrogens (tertiary/aromatic N) is 1. The van der Waals surface area contributed by atoms with Crippen molar-refractivity contribution in [3.63, 3.8) is 0 Å². The van der Waals surface area contributed by atoms with Gasteiger partial charge in [0.25, 0.3) is 0 Å². The quantitative estimate of drug-likeness (QED) is 0.599. The lowest BCUT2D eigenvalue weighted by molar-refractivity contribution is 0.112. The van der Waals surface area contributed by atoms with Crippen molar-refractivity contribution in [2.75, 3.05) is 19.0 Å². The van der Waals surface area contributed by atoms with Gasteiger partial charge in [0.15, 0.2) is 6.29 Å². The second kappa shape index (κ2) is 5.77. The van der Waals surface area contributed by atoms with Gasteiger partial charge in [0.2, 0.25) is 0 Å². The summed E-state index contributed by atoms with van der Waals surface area (Å²) in [6, 6.07) is 6.66. The molecule has 3 rings (SSSR count). The van der Waals surface area contributed by atoms with Crippen LogP contribution in [0.25, 0.3) is 22.3 Å². The molecule has 23 heavy (non-hydrogen) atoms. The van der Waals surface area contributed by atoms with E-state index < -0.39 is 11.6 Å². The zero-order valence-corrected chi connectivity index (χ0v) is 13.9. The summed E-state index contributed by atoms with van der Waals surface area (Å²) >= 11 is 3.45. The number of anilines is 1. The SMILES string of the molecule is CN(C)c1cc2oc(-c3ccc(F)cc3F)c(C=O)c2cc1Br. The summed E-state index contributed by atoms with van der Waals surface area (Å²) in [4.78, 5) is 13.4. The van der Waals surface area contributed by atoms with E-state index in [1.54, 1.807) is 12.1 Å². The Morgan fingerprint density at radius 3 is 2.52 bits per heavy atom. The molecule has 0 bridgehead atoms. The Balaban J connectivity index is 2.31. The van der Waals surface area contributed by atoms with E-state index in [0.717, 1.165) is 22.3 Å². The van der Waals surface area contributed by atoms with Crippen LogP contribution in [0, 0.1) is 11.6 Å². The van der Waals surface area contributed by atoms with Crippen molar-refractivity contribution in [2.24, 2.45) is 0 Å². The van der Waals surface area contributed by atoms with Gasteiger partial charge in [0.05, 0.1) is 16.8 Å². The number of carbonyl (C=O) groups is 1. The second-order valence-corrected chi connectivity index (χ2v) is 6.14. The van der Waals surface area contributed by atoms with E-state index in [1.165, 1.54) is 6.07 Å². The average molecular weight is 380 g/mol. The van der Waals surface area contributed by atoms with Gasteiger partial charge in [-0.2, -0.15) is 0 Å². The van der Waals surface area contributed by atoms with Crippen LogP contribution in [-0.2, 0) is 0 Å². The van der Waals surface area contributed by atoms with Gasteiger partial charge in [0.1, 0.15) is 23.0 Å². The first-order valence-corrected chi connectivity index (χ1v) is 7.55. The maximum absolute atomic E-state index is 14.0. The number of rotatable bonds is 3. The fourth-order valence-corrected chi connectivity index (χ4v) is 3.16. The Hall–Kier alpha value is -2.21. The van der Waals surface area contributed by atoms with E-state index in [0.29, 0.717) is 17.3 Å². The van der Waals surface area contributed by atoms with Gasteiger partial charge >= 0.3 is 0 Å². The van der Waals surface area contributed by atoms with Crippen molar-refractivity contribution in [1.82, 2.24) is 0 Å². The number of hydrogen-bond acceptors (Lipinski definition) is 3. The Kier molecular flexibility index (Phi) is 3.93. The third-order valence-electron chi connectivity index (χ3n) is 3.57. The molecular formula is C17H12BrF2NO2. The molecule has 0 saturated carbocycles. The van der Waals surface area contributed by atoms with Gasteiger partial charge in [0, 0.05) is 36.1 Å². The lowest BCUT2D eigenvalue weighted by atomic mass is 10.1. The standard InChI is InChI=1S/C17H12BrF2NO2/c1-21(2)15-7-16-11(6-13(15)18)12(8-22)17(23-16)10-4-3-9(19)5-14(10)20/h3-8H,1-2H3. The molecule has 1 heterocycles. The van der Waals surface area contributed by atoms with E-state index in [2.05, 4.69) is 15.9 Å². The molecule has 118 valence electrons. The van der Waals surface area contributed by atoms with Crippen LogP contribution in [0.15, 0.2) is 39.2 Å². The summed E-state index contributed by atoms with van der Waals surface area (Å²) in [5, 5.41) is 0.566. The topological polar surface area (TPSA) is 33.5 Å². The van der Waals surface area contributed by atoms with Crippen molar-refractivity contribution in [3.8, 4) is 11.3 Å². The van der Waals surface area contributed by atoms with Crippen LogP contribution in [0.5, 0.6) is 0 Å². The Morgan fingerprint density at radius 2 is 1.91 bits per heavy atom. The molecule has 0 spiro atoms. The summed E-state index contributed by atoms with van der Waals surface area (Å²) in [6.07, 6.45) is 0.617. The number of carbonyl (C=O) groups excluding carboxylic acids is 1. The molecule has 0 unspecified atom stereocenters. The van der Waals surface area contributed by atoms with Crippen LogP contribution in [0.4, 0.5) is 14.5 Å². The largest absolute Gasteiger partial charge is 0.455 e. The molecule has 3 nitrogen and oxygen atoms in total. The highest BCUT2D eigenvalue weighted by Gasteiger charge is 2.20. The summed E-state index contributed by atoms with van der Waals surface area (Å²) < 4.78 is 33.6. The molecule has 0 N–H and O–H groups in total. The van der Waals surface area contributed by atoms with Gasteiger partial charge in [-0.3, -0.25) is 4.79 Å². The Morgan fingerprint density at radius 1 is 1.17 bits per heavy atom. The minimum Gasteiger partial charge on any atom is -0.455 e. The smallest absolute Gasteiger partial charge is 0.154 e. The molecule has 3 aromatic rings. The third kappa shape index (κ3) is 2.63. The molecule has 0 radical (unpaired) electrons. The zero-order chi connectivity index (χ0) is 16.7. The van der Waals surface area contributed by atoms with E-state index in [-0.39, 0.29) is 16.9 Å². The number of benzene rings is 2. The summed E-state index contributed by atoms with van der Waals surface area (Å²) in [6.45, 7) is 0. The van der Waals surface area contributed by atoms with Crippen LogP contribution in [-0.4, -0.2) is 20.4 Å². The average Bonchev–Trinajstić information content (AvgIpc) is 2.83. The van der Waals surface area contributed by atoms with Gasteiger partial charge in [-0.25, -0.2) is 8.78 Å². The summed E-state index contributed by atoms with van der Waals surface area (Å²) in [5.74, 6) is -1.37. The molecule has 0 saturated heterocycles. The monoisotopic (exact) mass is 379 g/mol. The minimum absolute atomic E-state index is 0.0484. The predicted octanol–water partition coefficient (Wildman–Crippen LogP) is 5.02. The van der Waals surface area contributed by atoms with E-state index >= 15 is 0 Å². The molecule has 1 aromatic heterocycles. The molecule has 0 atom stereocenters. The highest BCUT2D eigenvalue weighted by Crippen LogP contribution is 2.38. The van der Waals surface area contributed by atoms with Crippen LogP contribution in [0.1, 0.15) is 10.4 Å². The lowest BCUT2D eigenvalue weighted by Crippen LogP contribution is -2.08. The van der Waals surface area contributed by atoms with Crippen molar-refractivity contribution in [1.29, 1.82) is 0 Å².